The number of amides is 2. The minimum atomic E-state index is -3.87. The third-order valence-electron chi connectivity index (χ3n) is 6.05. The number of pyridine rings is 1. The van der Waals surface area contributed by atoms with Crippen LogP contribution >= 0.6 is 0 Å². The van der Waals surface area contributed by atoms with Crippen LogP contribution in [0.2, 0.25) is 0 Å². The van der Waals surface area contributed by atoms with Crippen LogP contribution in [0.25, 0.3) is 10.9 Å². The van der Waals surface area contributed by atoms with E-state index in [0.717, 1.165) is 11.9 Å². The average Bonchev–Trinajstić information content (AvgIpc) is 3.64. The Labute approximate surface area is 192 Å². The van der Waals surface area contributed by atoms with Crippen molar-refractivity contribution in [2.24, 2.45) is 5.92 Å². The second-order valence-corrected chi connectivity index (χ2v) is 10.2. The molecule has 9 heteroatoms. The van der Waals surface area contributed by atoms with Crippen molar-refractivity contribution in [2.75, 3.05) is 30.9 Å². The molecule has 1 saturated heterocycles. The van der Waals surface area contributed by atoms with Gasteiger partial charge in [-0.15, -0.1) is 0 Å². The largest absolute Gasteiger partial charge is 0.339 e. The number of carbonyl (C=O) groups excluding carboxylic acids is 2. The van der Waals surface area contributed by atoms with E-state index in [0.29, 0.717) is 35.8 Å². The van der Waals surface area contributed by atoms with E-state index in [1.807, 2.05) is 4.90 Å². The lowest BCUT2D eigenvalue weighted by Gasteiger charge is -2.34. The Morgan fingerprint density at radius 3 is 2.52 bits per heavy atom. The zero-order valence-electron chi connectivity index (χ0n) is 18.0. The fourth-order valence-electron chi connectivity index (χ4n) is 4.05. The first-order valence-electron chi connectivity index (χ1n) is 10.9. The van der Waals surface area contributed by atoms with E-state index in [1.54, 1.807) is 59.6 Å². The van der Waals surface area contributed by atoms with Crippen molar-refractivity contribution >= 4 is 38.4 Å². The summed E-state index contributed by atoms with van der Waals surface area (Å²) < 4.78 is 28.5. The van der Waals surface area contributed by atoms with Gasteiger partial charge in [0.25, 0.3) is 15.9 Å². The molecule has 0 bridgehead atoms. The lowest BCUT2D eigenvalue weighted by atomic mass is 10.1. The van der Waals surface area contributed by atoms with Gasteiger partial charge in [-0.3, -0.25) is 19.3 Å². The lowest BCUT2D eigenvalue weighted by Crippen LogP contribution is -2.52. The number of rotatable bonds is 6. The van der Waals surface area contributed by atoms with Gasteiger partial charge >= 0.3 is 0 Å². The number of hydrogen-bond donors (Lipinski definition) is 1. The normalized spacial score (nSPS) is 16.8. The third kappa shape index (κ3) is 4.54. The predicted octanol–water partition coefficient (Wildman–Crippen LogP) is 2.73. The fraction of sp³-hybridized carbons (Fsp3) is 0.292. The van der Waals surface area contributed by atoms with Crippen LogP contribution in [0.15, 0.2) is 65.7 Å². The first kappa shape index (κ1) is 21.4. The number of nitrogens with zero attached hydrogens (tertiary/aromatic N) is 3. The van der Waals surface area contributed by atoms with Gasteiger partial charge in [0.05, 0.1) is 5.52 Å². The predicted molar refractivity (Wildman–Crippen MR) is 124 cm³/mol. The van der Waals surface area contributed by atoms with Crippen LogP contribution in [0, 0.1) is 5.92 Å². The number of piperazine rings is 1. The van der Waals surface area contributed by atoms with Crippen molar-refractivity contribution in [3.8, 4) is 0 Å². The summed E-state index contributed by atoms with van der Waals surface area (Å²) in [6.07, 6.45) is 3.91. The lowest BCUT2D eigenvalue weighted by molar-refractivity contribution is -0.135. The van der Waals surface area contributed by atoms with Crippen molar-refractivity contribution < 1.29 is 18.0 Å². The Morgan fingerprint density at radius 1 is 1.03 bits per heavy atom. The first-order chi connectivity index (χ1) is 15.9. The molecular weight excluding hydrogens is 440 g/mol. The molecule has 5 rings (SSSR count). The molecule has 0 spiro atoms. The highest BCUT2D eigenvalue weighted by Gasteiger charge is 2.32. The molecule has 1 aromatic heterocycles. The van der Waals surface area contributed by atoms with Crippen molar-refractivity contribution in [3.63, 3.8) is 0 Å². The molecule has 0 atom stereocenters. The SMILES string of the molecule is O=C1CN(C(=O)c2ccc(NS(=O)(=O)c3cccc4cccnc34)cc2)CCN1CC1CC1. The maximum absolute atomic E-state index is 13.0. The van der Waals surface area contributed by atoms with Crippen LogP contribution in [-0.4, -0.2) is 61.2 Å². The summed E-state index contributed by atoms with van der Waals surface area (Å²) in [4.78, 5) is 32.9. The highest BCUT2D eigenvalue weighted by atomic mass is 32.2. The van der Waals surface area contributed by atoms with E-state index in [-0.39, 0.29) is 23.3 Å². The van der Waals surface area contributed by atoms with Gasteiger partial charge in [0.1, 0.15) is 11.4 Å². The second-order valence-electron chi connectivity index (χ2n) is 8.52. The van der Waals surface area contributed by atoms with Crippen molar-refractivity contribution in [1.82, 2.24) is 14.8 Å². The molecule has 2 amide bonds. The maximum atomic E-state index is 13.0. The van der Waals surface area contributed by atoms with Gasteiger partial charge < -0.3 is 9.80 Å². The number of benzene rings is 2. The maximum Gasteiger partial charge on any atom is 0.264 e. The van der Waals surface area contributed by atoms with Gasteiger partial charge in [-0.1, -0.05) is 18.2 Å². The third-order valence-corrected chi connectivity index (χ3v) is 7.46. The fourth-order valence-corrected chi connectivity index (χ4v) is 5.29. The molecule has 1 aliphatic carbocycles. The smallest absolute Gasteiger partial charge is 0.264 e. The van der Waals surface area contributed by atoms with Crippen LogP contribution in [0.4, 0.5) is 5.69 Å². The quantitative estimate of drug-likeness (QED) is 0.605. The summed E-state index contributed by atoms with van der Waals surface area (Å²) in [6.45, 7) is 1.92. The van der Waals surface area contributed by atoms with E-state index in [1.165, 1.54) is 18.9 Å². The minimum absolute atomic E-state index is 0.0189. The Morgan fingerprint density at radius 2 is 1.79 bits per heavy atom. The van der Waals surface area contributed by atoms with Crippen LogP contribution in [0.1, 0.15) is 23.2 Å². The Hall–Kier alpha value is -3.46. The van der Waals surface area contributed by atoms with Crippen LogP contribution in [-0.2, 0) is 14.8 Å². The Kier molecular flexibility index (Phi) is 5.49. The van der Waals surface area contributed by atoms with E-state index >= 15 is 0 Å². The van der Waals surface area contributed by atoms with E-state index in [2.05, 4.69) is 9.71 Å². The summed E-state index contributed by atoms with van der Waals surface area (Å²) in [5, 5.41) is 0.730. The molecule has 0 unspecified atom stereocenters. The topological polar surface area (TPSA) is 99.7 Å². The van der Waals surface area contributed by atoms with E-state index in [4.69, 9.17) is 0 Å². The second kappa shape index (κ2) is 8.47. The van der Waals surface area contributed by atoms with Gasteiger partial charge in [-0.2, -0.15) is 0 Å². The van der Waals surface area contributed by atoms with Crippen LogP contribution < -0.4 is 4.72 Å². The standard InChI is InChI=1S/C24H24N4O4S/c29-22-16-28(14-13-27(22)15-17-6-7-17)24(30)19-8-10-20(11-9-19)26-33(31,32)21-5-1-3-18-4-2-12-25-23(18)21/h1-5,8-12,17,26H,6-7,13-16H2. The van der Waals surface area contributed by atoms with E-state index < -0.39 is 10.0 Å². The number of hydrogen-bond acceptors (Lipinski definition) is 5. The van der Waals surface area contributed by atoms with Gasteiger partial charge in [0.2, 0.25) is 5.91 Å². The average molecular weight is 465 g/mol. The molecule has 33 heavy (non-hydrogen) atoms. The summed E-state index contributed by atoms with van der Waals surface area (Å²) in [5.74, 6) is 0.369. The van der Waals surface area contributed by atoms with Crippen LogP contribution in [0.3, 0.4) is 0 Å². The van der Waals surface area contributed by atoms with E-state index in [9.17, 15) is 18.0 Å². The molecular formula is C24H24N4O4S. The highest BCUT2D eigenvalue weighted by molar-refractivity contribution is 7.93. The summed E-state index contributed by atoms with van der Waals surface area (Å²) >= 11 is 0. The number of aromatic nitrogens is 1. The van der Waals surface area contributed by atoms with Gasteiger partial charge in [-0.05, 0) is 55.2 Å². The Balaban J connectivity index is 1.27. The molecule has 3 aromatic rings. The number of carbonyl (C=O) groups is 2. The van der Waals surface area contributed by atoms with Crippen LogP contribution in [0.5, 0.6) is 0 Å². The molecule has 8 nitrogen and oxygen atoms in total. The van der Waals surface area contributed by atoms with Crippen molar-refractivity contribution in [1.29, 1.82) is 0 Å². The molecule has 1 N–H and O–H groups in total. The molecule has 0 radical (unpaired) electrons. The zero-order valence-corrected chi connectivity index (χ0v) is 18.8. The number of para-hydroxylation sites is 1. The zero-order chi connectivity index (χ0) is 23.0. The monoisotopic (exact) mass is 464 g/mol. The van der Waals surface area contributed by atoms with Crippen molar-refractivity contribution in [2.45, 2.75) is 17.7 Å². The van der Waals surface area contributed by atoms with Gasteiger partial charge in [0, 0.05) is 42.5 Å². The molecule has 2 aromatic carbocycles. The van der Waals surface area contributed by atoms with Gasteiger partial charge in [0.15, 0.2) is 0 Å². The minimum Gasteiger partial charge on any atom is -0.339 e. The first-order valence-corrected chi connectivity index (χ1v) is 12.4. The Bertz CT molecular complexity index is 1310. The number of nitrogens with one attached hydrogen (secondary N) is 1. The molecule has 2 fully saturated rings. The highest BCUT2D eigenvalue weighted by Crippen LogP contribution is 2.30. The summed E-state index contributed by atoms with van der Waals surface area (Å²) in [7, 11) is -3.87. The number of sulfonamides is 1. The van der Waals surface area contributed by atoms with Gasteiger partial charge in [-0.25, -0.2) is 8.42 Å². The molecule has 2 heterocycles. The summed E-state index contributed by atoms with van der Waals surface area (Å²) in [6, 6.07) is 14.8. The van der Waals surface area contributed by atoms with Crippen molar-refractivity contribution in [3.05, 3.63) is 66.4 Å². The molecule has 1 saturated carbocycles. The molecule has 2 aliphatic rings. The summed E-state index contributed by atoms with van der Waals surface area (Å²) in [5.41, 5.74) is 1.14. The number of fused-ring (bicyclic) bond motifs is 1. The molecule has 1 aliphatic heterocycles. The number of anilines is 1. The molecule has 170 valence electrons.